The maximum absolute atomic E-state index is 12.6. The normalized spacial score (nSPS) is 29.2. The molecule has 2 aliphatic rings. The Balaban J connectivity index is 2.03. The second kappa shape index (κ2) is 7.04. The van der Waals surface area contributed by atoms with Gasteiger partial charge in [-0.05, 0) is 32.6 Å². The maximum Gasteiger partial charge on any atom is 0.310 e. The van der Waals surface area contributed by atoms with Crippen LogP contribution in [0.15, 0.2) is 0 Å². The second-order valence-electron chi connectivity index (χ2n) is 5.61. The zero-order valence-electron chi connectivity index (χ0n) is 12.4. The van der Waals surface area contributed by atoms with E-state index < -0.39 is 16.3 Å². The smallest absolute Gasteiger partial charge is 0.310 e. The molecule has 2 rings (SSSR count). The average molecular weight is 320 g/mol. The molecule has 2 fully saturated rings. The largest absolute Gasteiger partial charge is 0.466 e. The molecule has 1 unspecified atom stereocenters. The molecule has 2 saturated heterocycles. The minimum Gasteiger partial charge on any atom is -0.466 e. The van der Waals surface area contributed by atoms with Crippen molar-refractivity contribution in [1.29, 1.82) is 0 Å². The van der Waals surface area contributed by atoms with Gasteiger partial charge in [0.05, 0.1) is 18.6 Å². The van der Waals surface area contributed by atoms with Gasteiger partial charge in [-0.2, -0.15) is 17.0 Å². The van der Waals surface area contributed by atoms with Crippen LogP contribution in [-0.2, 0) is 19.7 Å². The van der Waals surface area contributed by atoms with Crippen LogP contribution in [0.5, 0.6) is 0 Å². The highest BCUT2D eigenvalue weighted by atomic mass is 32.2. The molecule has 0 amide bonds. The van der Waals surface area contributed by atoms with E-state index in [-0.39, 0.29) is 25.0 Å². The molecule has 0 aliphatic carbocycles. The number of nitrogens with zero attached hydrogens (tertiary/aromatic N) is 2. The zero-order valence-corrected chi connectivity index (χ0v) is 13.2. The molecular weight excluding hydrogens is 296 g/mol. The molecule has 2 atom stereocenters. The Morgan fingerprint density at radius 2 is 1.81 bits per heavy atom. The van der Waals surface area contributed by atoms with Crippen molar-refractivity contribution in [1.82, 2.24) is 8.61 Å². The summed E-state index contributed by atoms with van der Waals surface area (Å²) in [7, 11) is -3.60. The number of esters is 1. The van der Waals surface area contributed by atoms with Crippen LogP contribution in [0, 0.1) is 5.92 Å². The fourth-order valence-corrected chi connectivity index (χ4v) is 4.67. The third-order valence-corrected chi connectivity index (χ3v) is 5.98. The number of ether oxygens (including phenoxy) is 1. The van der Waals surface area contributed by atoms with Gasteiger partial charge < -0.3 is 9.84 Å². The third-order valence-electron chi connectivity index (χ3n) is 4.02. The fourth-order valence-electron chi connectivity index (χ4n) is 2.90. The van der Waals surface area contributed by atoms with Crippen LogP contribution in [0.4, 0.5) is 0 Å². The van der Waals surface area contributed by atoms with Gasteiger partial charge in [0.25, 0.3) is 10.2 Å². The van der Waals surface area contributed by atoms with E-state index in [9.17, 15) is 18.3 Å². The van der Waals surface area contributed by atoms with Crippen LogP contribution >= 0.6 is 0 Å². The van der Waals surface area contributed by atoms with E-state index in [2.05, 4.69) is 0 Å². The first-order chi connectivity index (χ1) is 9.95. The lowest BCUT2D eigenvalue weighted by molar-refractivity contribution is -0.149. The zero-order chi connectivity index (χ0) is 15.5. The van der Waals surface area contributed by atoms with Gasteiger partial charge >= 0.3 is 5.97 Å². The summed E-state index contributed by atoms with van der Waals surface area (Å²) in [5.74, 6) is -0.709. The first-order valence-corrected chi connectivity index (χ1v) is 8.94. The second-order valence-corrected chi connectivity index (χ2v) is 7.54. The maximum atomic E-state index is 12.6. The first kappa shape index (κ1) is 16.7. The number of β-amino-alcohol motifs (C(OH)–C–C–N with tert-alkyl or cyclic N) is 1. The van der Waals surface area contributed by atoms with Gasteiger partial charge in [-0.3, -0.25) is 4.79 Å². The number of piperidine rings is 2. The highest BCUT2D eigenvalue weighted by molar-refractivity contribution is 7.86. The number of hydrogen-bond acceptors (Lipinski definition) is 5. The Labute approximate surface area is 126 Å². The van der Waals surface area contributed by atoms with Gasteiger partial charge in [-0.25, -0.2) is 0 Å². The van der Waals surface area contributed by atoms with Crippen LogP contribution in [0.3, 0.4) is 0 Å². The molecule has 0 radical (unpaired) electrons. The van der Waals surface area contributed by atoms with Gasteiger partial charge in [-0.15, -0.1) is 0 Å². The lowest BCUT2D eigenvalue weighted by Crippen LogP contribution is -2.52. The molecule has 0 bridgehead atoms. The van der Waals surface area contributed by atoms with Gasteiger partial charge in [0.1, 0.15) is 0 Å². The predicted molar refractivity (Wildman–Crippen MR) is 76.7 cm³/mol. The Hall–Kier alpha value is -0.700. The predicted octanol–water partition coefficient (Wildman–Crippen LogP) is -0.0370. The van der Waals surface area contributed by atoms with Crippen molar-refractivity contribution >= 4 is 16.2 Å². The van der Waals surface area contributed by atoms with Crippen LogP contribution in [0.1, 0.15) is 32.6 Å². The van der Waals surface area contributed by atoms with Crippen LogP contribution in [-0.4, -0.2) is 67.0 Å². The summed E-state index contributed by atoms with van der Waals surface area (Å²) in [6.45, 7) is 3.21. The van der Waals surface area contributed by atoms with Gasteiger partial charge in [0.15, 0.2) is 0 Å². The molecule has 8 heteroatoms. The SMILES string of the molecule is CCOC(=O)C1CCCN(S(=O)(=O)N2CCC[C@H](O)C2)C1. The monoisotopic (exact) mass is 320 g/mol. The van der Waals surface area contributed by atoms with Crippen molar-refractivity contribution in [2.24, 2.45) is 5.92 Å². The highest BCUT2D eigenvalue weighted by Gasteiger charge is 2.37. The van der Waals surface area contributed by atoms with Crippen molar-refractivity contribution in [3.63, 3.8) is 0 Å². The Bertz CT molecular complexity index is 467. The van der Waals surface area contributed by atoms with Crippen LogP contribution in [0.25, 0.3) is 0 Å². The molecule has 122 valence electrons. The quantitative estimate of drug-likeness (QED) is 0.735. The number of aliphatic hydroxyl groups excluding tert-OH is 1. The van der Waals surface area contributed by atoms with E-state index in [1.54, 1.807) is 6.92 Å². The van der Waals surface area contributed by atoms with Crippen LogP contribution < -0.4 is 0 Å². The van der Waals surface area contributed by atoms with Crippen molar-refractivity contribution in [3.05, 3.63) is 0 Å². The van der Waals surface area contributed by atoms with Crippen molar-refractivity contribution in [2.75, 3.05) is 32.8 Å². The summed E-state index contributed by atoms with van der Waals surface area (Å²) in [6, 6.07) is 0. The molecular formula is C13H24N2O5S. The van der Waals surface area contributed by atoms with E-state index in [1.165, 1.54) is 8.61 Å². The summed E-state index contributed by atoms with van der Waals surface area (Å²) in [5, 5.41) is 9.65. The van der Waals surface area contributed by atoms with E-state index in [4.69, 9.17) is 4.74 Å². The Morgan fingerprint density at radius 1 is 1.19 bits per heavy atom. The topological polar surface area (TPSA) is 87.2 Å². The molecule has 7 nitrogen and oxygen atoms in total. The number of aliphatic hydroxyl groups is 1. The molecule has 21 heavy (non-hydrogen) atoms. The molecule has 2 aliphatic heterocycles. The van der Waals surface area contributed by atoms with Gasteiger partial charge in [-0.1, -0.05) is 0 Å². The van der Waals surface area contributed by atoms with Gasteiger partial charge in [0, 0.05) is 26.2 Å². The van der Waals surface area contributed by atoms with Crippen molar-refractivity contribution in [3.8, 4) is 0 Å². The third kappa shape index (κ3) is 3.94. The van der Waals surface area contributed by atoms with E-state index in [0.29, 0.717) is 45.4 Å². The van der Waals surface area contributed by atoms with Crippen molar-refractivity contribution in [2.45, 2.75) is 38.7 Å². The fraction of sp³-hybridized carbons (Fsp3) is 0.923. The van der Waals surface area contributed by atoms with E-state index in [1.807, 2.05) is 0 Å². The molecule has 2 heterocycles. The number of hydrogen-bond donors (Lipinski definition) is 1. The minimum absolute atomic E-state index is 0.142. The lowest BCUT2D eigenvalue weighted by Gasteiger charge is -2.37. The minimum atomic E-state index is -3.60. The summed E-state index contributed by atoms with van der Waals surface area (Å²) in [6.07, 6.45) is 2.01. The Morgan fingerprint density at radius 3 is 2.43 bits per heavy atom. The first-order valence-electron chi connectivity index (χ1n) is 7.55. The number of carbonyl (C=O) groups is 1. The van der Waals surface area contributed by atoms with E-state index >= 15 is 0 Å². The van der Waals surface area contributed by atoms with Crippen LogP contribution in [0.2, 0.25) is 0 Å². The number of carbonyl (C=O) groups excluding carboxylic acids is 1. The molecule has 1 N–H and O–H groups in total. The van der Waals surface area contributed by atoms with Gasteiger partial charge in [0.2, 0.25) is 0 Å². The molecule has 0 spiro atoms. The summed E-state index contributed by atoms with van der Waals surface area (Å²) in [4.78, 5) is 11.8. The summed E-state index contributed by atoms with van der Waals surface area (Å²) in [5.41, 5.74) is 0. The standard InChI is InChI=1S/C13H24N2O5S/c1-2-20-13(17)11-5-3-7-14(9-11)21(18,19)15-8-4-6-12(16)10-15/h11-12,16H,2-10H2,1H3/t11?,12-/m0/s1. The molecule has 0 aromatic carbocycles. The Kier molecular flexibility index (Phi) is 5.59. The van der Waals surface area contributed by atoms with Crippen molar-refractivity contribution < 1.29 is 23.1 Å². The molecule has 0 aromatic rings. The lowest BCUT2D eigenvalue weighted by atomic mass is 10.0. The molecule has 0 aromatic heterocycles. The number of rotatable bonds is 4. The molecule has 0 saturated carbocycles. The summed E-state index contributed by atoms with van der Waals surface area (Å²) < 4.78 is 32.9. The van der Waals surface area contributed by atoms with E-state index in [0.717, 1.165) is 0 Å². The average Bonchev–Trinajstić information content (AvgIpc) is 2.47. The highest BCUT2D eigenvalue weighted by Crippen LogP contribution is 2.24. The summed E-state index contributed by atoms with van der Waals surface area (Å²) >= 11 is 0.